The van der Waals surface area contributed by atoms with E-state index in [9.17, 15) is 4.79 Å². The third-order valence-electron chi connectivity index (χ3n) is 6.63. The van der Waals surface area contributed by atoms with Crippen molar-refractivity contribution in [2.75, 3.05) is 19.6 Å². The summed E-state index contributed by atoms with van der Waals surface area (Å²) in [5.41, 5.74) is 2.39. The fourth-order valence-corrected chi connectivity index (χ4v) is 5.46. The number of aromatic nitrogens is 1. The number of amides is 1. The summed E-state index contributed by atoms with van der Waals surface area (Å²) in [4.78, 5) is 22.4. The number of carbonyl (C=O) groups excluding carboxylic acids is 1. The van der Waals surface area contributed by atoms with Gasteiger partial charge in [0.1, 0.15) is 0 Å². The molecule has 6 rings (SSSR count). The Kier molecular flexibility index (Phi) is 4.01. The monoisotopic (exact) mass is 347 g/mol. The number of rotatable bonds is 3. The smallest absolute Gasteiger partial charge is 0.227 e. The summed E-state index contributed by atoms with van der Waals surface area (Å²) < 4.78 is 0. The minimum Gasteiger partial charge on any atom is -0.337 e. The first-order chi connectivity index (χ1) is 12.8. The second-order valence-corrected chi connectivity index (χ2v) is 7.96. The quantitative estimate of drug-likeness (QED) is 0.857. The molecule has 0 aliphatic carbocycles. The van der Waals surface area contributed by atoms with Gasteiger partial charge in [0.05, 0.1) is 12.5 Å². The van der Waals surface area contributed by atoms with E-state index in [0.29, 0.717) is 30.3 Å². The molecule has 2 aromatic rings. The van der Waals surface area contributed by atoms with E-state index in [4.69, 9.17) is 0 Å². The first kappa shape index (κ1) is 16.0. The minimum absolute atomic E-state index is 0.284. The molecule has 4 saturated heterocycles. The van der Waals surface area contributed by atoms with E-state index in [-0.39, 0.29) is 5.91 Å². The zero-order valence-corrected chi connectivity index (χ0v) is 15.0. The van der Waals surface area contributed by atoms with Crippen molar-refractivity contribution in [2.24, 2.45) is 5.92 Å². The molecule has 1 aromatic carbocycles. The summed E-state index contributed by atoms with van der Waals surface area (Å²) in [6.07, 6.45) is 6.81. The first-order valence-electron chi connectivity index (χ1n) is 9.78. The third kappa shape index (κ3) is 2.64. The van der Waals surface area contributed by atoms with Crippen molar-refractivity contribution in [3.63, 3.8) is 0 Å². The van der Waals surface area contributed by atoms with Gasteiger partial charge in [-0.25, -0.2) is 0 Å². The zero-order valence-electron chi connectivity index (χ0n) is 15.0. The predicted octanol–water partition coefficient (Wildman–Crippen LogP) is 2.71. The molecule has 0 saturated carbocycles. The van der Waals surface area contributed by atoms with Crippen LogP contribution in [0.15, 0.2) is 54.9 Å². The van der Waals surface area contributed by atoms with Crippen molar-refractivity contribution in [1.29, 1.82) is 0 Å². The molecule has 3 unspecified atom stereocenters. The Morgan fingerprint density at radius 1 is 1.04 bits per heavy atom. The largest absolute Gasteiger partial charge is 0.337 e. The van der Waals surface area contributed by atoms with E-state index >= 15 is 0 Å². The number of pyridine rings is 1. The van der Waals surface area contributed by atoms with Gasteiger partial charge in [-0.1, -0.05) is 36.4 Å². The van der Waals surface area contributed by atoms with Gasteiger partial charge in [-0.05, 0) is 49.0 Å². The molecular weight excluding hydrogens is 322 g/mol. The Bertz CT molecular complexity index is 770. The zero-order chi connectivity index (χ0) is 17.5. The fourth-order valence-electron chi connectivity index (χ4n) is 5.46. The first-order valence-corrected chi connectivity index (χ1v) is 9.78. The summed E-state index contributed by atoms with van der Waals surface area (Å²) >= 11 is 0. The van der Waals surface area contributed by atoms with Crippen molar-refractivity contribution >= 4 is 5.91 Å². The lowest BCUT2D eigenvalue weighted by Gasteiger charge is -2.51. The number of piperidine rings is 3. The summed E-state index contributed by atoms with van der Waals surface area (Å²) in [5, 5.41) is 0. The SMILES string of the molecule is O=C(Cc1ccccc1)N1CC(c2cccnc2)C2C1C1CCN2CC1. The van der Waals surface area contributed by atoms with Crippen LogP contribution in [0.2, 0.25) is 0 Å². The Balaban J connectivity index is 1.45. The number of hydrogen-bond acceptors (Lipinski definition) is 3. The molecule has 4 aliphatic rings. The molecule has 0 radical (unpaired) electrons. The van der Waals surface area contributed by atoms with Crippen LogP contribution >= 0.6 is 0 Å². The van der Waals surface area contributed by atoms with Crippen molar-refractivity contribution in [3.8, 4) is 0 Å². The average molecular weight is 347 g/mol. The Morgan fingerprint density at radius 3 is 2.58 bits per heavy atom. The molecule has 1 aromatic heterocycles. The molecule has 4 aliphatic heterocycles. The van der Waals surface area contributed by atoms with Gasteiger partial charge < -0.3 is 4.90 Å². The molecule has 2 bridgehead atoms. The fraction of sp³-hybridized carbons (Fsp3) is 0.455. The van der Waals surface area contributed by atoms with Gasteiger partial charge in [-0.2, -0.15) is 0 Å². The Hall–Kier alpha value is -2.20. The van der Waals surface area contributed by atoms with E-state index in [1.54, 1.807) is 0 Å². The van der Waals surface area contributed by atoms with Crippen LogP contribution in [0.4, 0.5) is 0 Å². The number of likely N-dealkylation sites (tertiary alicyclic amines) is 1. The number of hydrogen-bond donors (Lipinski definition) is 0. The predicted molar refractivity (Wildman–Crippen MR) is 101 cm³/mol. The van der Waals surface area contributed by atoms with Crippen LogP contribution in [0, 0.1) is 5.92 Å². The van der Waals surface area contributed by atoms with Crippen LogP contribution in [0.3, 0.4) is 0 Å². The molecule has 26 heavy (non-hydrogen) atoms. The average Bonchev–Trinajstić information content (AvgIpc) is 3.13. The molecule has 0 N–H and O–H groups in total. The number of fused-ring (bicyclic) bond motifs is 2. The normalized spacial score (nSPS) is 32.5. The number of carbonyl (C=O) groups is 1. The molecule has 5 heterocycles. The van der Waals surface area contributed by atoms with E-state index in [1.165, 1.54) is 31.5 Å². The van der Waals surface area contributed by atoms with Crippen molar-refractivity contribution in [3.05, 3.63) is 66.0 Å². The topological polar surface area (TPSA) is 36.4 Å². The van der Waals surface area contributed by atoms with Crippen LogP contribution < -0.4 is 0 Å². The summed E-state index contributed by atoms with van der Waals surface area (Å²) in [5.74, 6) is 1.33. The van der Waals surface area contributed by atoms with Gasteiger partial charge in [0.25, 0.3) is 0 Å². The maximum absolute atomic E-state index is 13.2. The highest BCUT2D eigenvalue weighted by molar-refractivity contribution is 5.80. The van der Waals surface area contributed by atoms with Crippen LogP contribution in [-0.2, 0) is 11.2 Å². The van der Waals surface area contributed by atoms with Crippen molar-refractivity contribution in [1.82, 2.24) is 14.8 Å². The van der Waals surface area contributed by atoms with Crippen LogP contribution in [0.1, 0.15) is 29.9 Å². The van der Waals surface area contributed by atoms with Gasteiger partial charge in [-0.3, -0.25) is 14.7 Å². The summed E-state index contributed by atoms with van der Waals surface area (Å²) in [6.45, 7) is 3.20. The van der Waals surface area contributed by atoms with Crippen molar-refractivity contribution < 1.29 is 4.79 Å². The van der Waals surface area contributed by atoms with Gasteiger partial charge in [0.15, 0.2) is 0 Å². The van der Waals surface area contributed by atoms with Crippen LogP contribution in [-0.4, -0.2) is 52.4 Å². The van der Waals surface area contributed by atoms with Gasteiger partial charge in [0, 0.05) is 30.9 Å². The maximum atomic E-state index is 13.2. The summed E-state index contributed by atoms with van der Waals surface area (Å²) in [7, 11) is 0. The molecule has 3 atom stereocenters. The Morgan fingerprint density at radius 2 is 1.85 bits per heavy atom. The molecule has 4 heteroatoms. The van der Waals surface area contributed by atoms with Gasteiger partial charge in [0.2, 0.25) is 5.91 Å². The van der Waals surface area contributed by atoms with E-state index in [2.05, 4.69) is 33.0 Å². The molecule has 1 amide bonds. The molecular formula is C22H25N3O. The highest BCUT2D eigenvalue weighted by atomic mass is 16.2. The lowest BCUT2D eigenvalue weighted by Crippen LogP contribution is -2.60. The molecule has 0 spiro atoms. The van der Waals surface area contributed by atoms with Crippen LogP contribution in [0.25, 0.3) is 0 Å². The number of nitrogens with zero attached hydrogens (tertiary/aromatic N) is 3. The standard InChI is InChI=1S/C22H25N3O/c26-20(13-16-5-2-1-3-6-16)25-15-19(18-7-4-10-23-14-18)22-21(25)17-8-11-24(22)12-9-17/h1-7,10,14,17,19,21-22H,8-9,11-13,15H2. The van der Waals surface area contributed by atoms with E-state index in [1.807, 2.05) is 36.7 Å². The maximum Gasteiger partial charge on any atom is 0.227 e. The lowest BCUT2D eigenvalue weighted by atomic mass is 9.75. The second kappa shape index (κ2) is 6.51. The van der Waals surface area contributed by atoms with Crippen molar-refractivity contribution in [2.45, 2.75) is 37.3 Å². The van der Waals surface area contributed by atoms with Gasteiger partial charge in [-0.15, -0.1) is 0 Å². The van der Waals surface area contributed by atoms with E-state index in [0.717, 1.165) is 12.1 Å². The van der Waals surface area contributed by atoms with Gasteiger partial charge >= 0.3 is 0 Å². The van der Waals surface area contributed by atoms with Crippen LogP contribution in [0.5, 0.6) is 0 Å². The Labute approximate surface area is 154 Å². The minimum atomic E-state index is 0.284. The highest BCUT2D eigenvalue weighted by Crippen LogP contribution is 2.46. The number of benzene rings is 1. The molecule has 4 nitrogen and oxygen atoms in total. The molecule has 134 valence electrons. The highest BCUT2D eigenvalue weighted by Gasteiger charge is 2.54. The molecule has 4 fully saturated rings. The third-order valence-corrected chi connectivity index (χ3v) is 6.63. The van der Waals surface area contributed by atoms with E-state index < -0.39 is 0 Å². The summed E-state index contributed by atoms with van der Waals surface area (Å²) in [6, 6.07) is 15.2. The lowest BCUT2D eigenvalue weighted by molar-refractivity contribution is -0.135. The second-order valence-electron chi connectivity index (χ2n) is 7.96.